The van der Waals surface area contributed by atoms with E-state index < -0.39 is 0 Å². The molecule has 0 aliphatic rings. The Morgan fingerprint density at radius 3 is 2.46 bits per heavy atom. The zero-order valence-electron chi connectivity index (χ0n) is 16.3. The minimum Gasteiger partial charge on any atom is -0.302 e. The van der Waals surface area contributed by atoms with Crippen molar-refractivity contribution in [2.24, 2.45) is 0 Å². The number of thioether (sulfide) groups is 1. The molecule has 7 heteroatoms. The largest absolute Gasteiger partial charge is 0.302 e. The molecule has 0 atom stereocenters. The third-order valence-electron chi connectivity index (χ3n) is 4.69. The van der Waals surface area contributed by atoms with E-state index in [0.717, 1.165) is 29.9 Å². The zero-order valence-corrected chi connectivity index (χ0v) is 17.9. The van der Waals surface area contributed by atoms with Crippen LogP contribution in [0, 0.1) is 5.82 Å². The summed E-state index contributed by atoms with van der Waals surface area (Å²) in [5.74, 6) is -0.507. The van der Waals surface area contributed by atoms with E-state index in [2.05, 4.69) is 24.8 Å². The fourth-order valence-electron chi connectivity index (χ4n) is 2.95. The third kappa shape index (κ3) is 4.71. The lowest BCUT2D eigenvalue weighted by molar-refractivity contribution is 0.0983. The van der Waals surface area contributed by atoms with Crippen LogP contribution >= 0.6 is 23.1 Å². The maximum Gasteiger partial charge on any atom is 0.260 e. The minimum absolute atomic E-state index is 0.156. The summed E-state index contributed by atoms with van der Waals surface area (Å²) in [5.41, 5.74) is 1.35. The first-order chi connectivity index (χ1) is 13.5. The summed E-state index contributed by atoms with van der Waals surface area (Å²) in [5, 5.41) is 0.676. The molecule has 1 aromatic heterocycles. The number of nitrogens with zero attached hydrogens (tertiary/aromatic N) is 3. The van der Waals surface area contributed by atoms with Crippen LogP contribution in [0.3, 0.4) is 0 Å². The van der Waals surface area contributed by atoms with E-state index >= 15 is 0 Å². The van der Waals surface area contributed by atoms with Gasteiger partial charge >= 0.3 is 0 Å². The molecule has 3 rings (SSSR count). The highest BCUT2D eigenvalue weighted by molar-refractivity contribution is 7.98. The van der Waals surface area contributed by atoms with E-state index in [1.807, 2.05) is 18.4 Å². The van der Waals surface area contributed by atoms with Crippen molar-refractivity contribution in [2.75, 3.05) is 37.3 Å². The molecular weight excluding hydrogens is 393 g/mol. The van der Waals surface area contributed by atoms with Crippen LogP contribution in [0.4, 0.5) is 9.52 Å². The lowest BCUT2D eigenvalue weighted by atomic mass is 10.2. The molecular formula is C21H24FN3OS2. The SMILES string of the molecule is CCN(CC)CCN(C(=O)c1ccc(F)cc1)c1nc2ccc(SC)cc2s1. The van der Waals surface area contributed by atoms with Crippen molar-refractivity contribution in [3.63, 3.8) is 0 Å². The average Bonchev–Trinajstić information content (AvgIpc) is 3.14. The molecule has 0 saturated carbocycles. The number of anilines is 1. The fourth-order valence-corrected chi connectivity index (χ4v) is 4.49. The Bertz CT molecular complexity index is 938. The number of rotatable bonds is 8. The second-order valence-electron chi connectivity index (χ2n) is 6.32. The minimum atomic E-state index is -0.351. The normalized spacial score (nSPS) is 11.3. The Labute approximate surface area is 173 Å². The van der Waals surface area contributed by atoms with Crippen LogP contribution in [0.2, 0.25) is 0 Å². The maximum absolute atomic E-state index is 13.3. The fraction of sp³-hybridized carbons (Fsp3) is 0.333. The number of halogens is 1. The number of carbonyl (C=O) groups is 1. The van der Waals surface area contributed by atoms with Gasteiger partial charge in [0.15, 0.2) is 5.13 Å². The highest BCUT2D eigenvalue weighted by Crippen LogP contribution is 2.32. The van der Waals surface area contributed by atoms with Crippen molar-refractivity contribution in [2.45, 2.75) is 18.7 Å². The molecule has 0 bridgehead atoms. The Balaban J connectivity index is 1.94. The molecule has 1 heterocycles. The second kappa shape index (κ2) is 9.49. The van der Waals surface area contributed by atoms with Crippen LogP contribution in [-0.4, -0.2) is 48.2 Å². The molecule has 2 aromatic carbocycles. The van der Waals surface area contributed by atoms with Gasteiger partial charge in [-0.2, -0.15) is 0 Å². The first kappa shape index (κ1) is 20.8. The molecule has 0 fully saturated rings. The molecule has 1 amide bonds. The number of fused-ring (bicyclic) bond motifs is 1. The van der Waals surface area contributed by atoms with Gasteiger partial charge in [0, 0.05) is 23.5 Å². The monoisotopic (exact) mass is 417 g/mol. The highest BCUT2D eigenvalue weighted by Gasteiger charge is 2.22. The Hall–Kier alpha value is -1.96. The highest BCUT2D eigenvalue weighted by atomic mass is 32.2. The third-order valence-corrected chi connectivity index (χ3v) is 6.45. The first-order valence-electron chi connectivity index (χ1n) is 9.30. The molecule has 0 spiro atoms. The predicted molar refractivity (Wildman–Crippen MR) is 117 cm³/mol. The number of hydrogen-bond acceptors (Lipinski definition) is 5. The van der Waals surface area contributed by atoms with Gasteiger partial charge in [-0.15, -0.1) is 11.8 Å². The smallest absolute Gasteiger partial charge is 0.260 e. The molecule has 4 nitrogen and oxygen atoms in total. The van der Waals surface area contributed by atoms with Gasteiger partial charge in [0.1, 0.15) is 5.82 Å². The Morgan fingerprint density at radius 2 is 1.82 bits per heavy atom. The lowest BCUT2D eigenvalue weighted by Gasteiger charge is -2.24. The van der Waals surface area contributed by atoms with Crippen LogP contribution in [0.25, 0.3) is 10.2 Å². The predicted octanol–water partition coefficient (Wildman–Crippen LogP) is 5.15. The van der Waals surface area contributed by atoms with Gasteiger partial charge in [0.2, 0.25) is 0 Å². The van der Waals surface area contributed by atoms with E-state index in [9.17, 15) is 9.18 Å². The summed E-state index contributed by atoms with van der Waals surface area (Å²) in [6.45, 7) is 7.35. The first-order valence-corrected chi connectivity index (χ1v) is 11.3. The van der Waals surface area contributed by atoms with Crippen LogP contribution in [0.5, 0.6) is 0 Å². The van der Waals surface area contributed by atoms with Crippen LogP contribution in [0.15, 0.2) is 47.4 Å². The van der Waals surface area contributed by atoms with Gasteiger partial charge in [-0.1, -0.05) is 25.2 Å². The van der Waals surface area contributed by atoms with E-state index in [1.54, 1.807) is 16.7 Å². The lowest BCUT2D eigenvalue weighted by Crippen LogP contribution is -2.38. The van der Waals surface area contributed by atoms with Gasteiger partial charge in [-0.25, -0.2) is 9.37 Å². The van der Waals surface area contributed by atoms with Gasteiger partial charge in [-0.05, 0) is 61.8 Å². The standard InChI is InChI=1S/C21H24FN3OS2/c1-4-24(5-2)12-13-25(20(26)15-6-8-16(22)9-7-15)21-23-18-11-10-17(27-3)14-19(18)28-21/h6-11,14H,4-5,12-13H2,1-3H3. The van der Waals surface area contributed by atoms with Crippen LogP contribution in [0.1, 0.15) is 24.2 Å². The molecule has 0 aliphatic carbocycles. The van der Waals surface area contributed by atoms with Gasteiger partial charge in [0.25, 0.3) is 5.91 Å². The van der Waals surface area contributed by atoms with Gasteiger partial charge in [-0.3, -0.25) is 9.69 Å². The molecule has 3 aromatic rings. The Morgan fingerprint density at radius 1 is 1.11 bits per heavy atom. The van der Waals surface area contributed by atoms with Crippen LogP contribution in [-0.2, 0) is 0 Å². The second-order valence-corrected chi connectivity index (χ2v) is 8.21. The van der Waals surface area contributed by atoms with Gasteiger partial charge in [0.05, 0.1) is 10.2 Å². The Kier molecular flexibility index (Phi) is 7.04. The molecule has 0 unspecified atom stereocenters. The number of carbonyl (C=O) groups excluding carboxylic acids is 1. The number of amides is 1. The van der Waals surface area contributed by atoms with Crippen molar-refractivity contribution in [3.8, 4) is 0 Å². The van der Waals surface area contributed by atoms with E-state index in [-0.39, 0.29) is 11.7 Å². The number of benzene rings is 2. The molecule has 148 valence electrons. The van der Waals surface area contributed by atoms with E-state index in [0.29, 0.717) is 17.2 Å². The molecule has 28 heavy (non-hydrogen) atoms. The topological polar surface area (TPSA) is 36.4 Å². The van der Waals surface area contributed by atoms with Crippen LogP contribution < -0.4 is 4.90 Å². The summed E-state index contributed by atoms with van der Waals surface area (Å²) in [4.78, 5) is 23.1. The van der Waals surface area contributed by atoms with Crippen molar-refractivity contribution in [1.82, 2.24) is 9.88 Å². The summed E-state index contributed by atoms with van der Waals surface area (Å²) >= 11 is 3.20. The number of hydrogen-bond donors (Lipinski definition) is 0. The van der Waals surface area contributed by atoms with Crippen molar-refractivity contribution < 1.29 is 9.18 Å². The number of likely N-dealkylation sites (N-methyl/N-ethyl adjacent to an activating group) is 1. The van der Waals surface area contributed by atoms with E-state index in [4.69, 9.17) is 4.98 Å². The summed E-state index contributed by atoms with van der Waals surface area (Å²) in [7, 11) is 0. The van der Waals surface area contributed by atoms with Crippen molar-refractivity contribution in [3.05, 3.63) is 53.8 Å². The van der Waals surface area contributed by atoms with Crippen molar-refractivity contribution in [1.29, 1.82) is 0 Å². The zero-order chi connectivity index (χ0) is 20.1. The average molecular weight is 418 g/mol. The maximum atomic E-state index is 13.3. The number of thiazole rings is 1. The van der Waals surface area contributed by atoms with E-state index in [1.165, 1.54) is 40.5 Å². The summed E-state index contributed by atoms with van der Waals surface area (Å²) in [6, 6.07) is 11.8. The van der Waals surface area contributed by atoms with Crippen molar-refractivity contribution >= 4 is 44.4 Å². The molecule has 0 saturated heterocycles. The summed E-state index contributed by atoms with van der Waals surface area (Å²) in [6.07, 6.45) is 2.04. The molecule has 0 aliphatic heterocycles. The van der Waals surface area contributed by atoms with Gasteiger partial charge < -0.3 is 4.90 Å². The molecule has 0 radical (unpaired) electrons. The molecule has 0 N–H and O–H groups in total. The quantitative estimate of drug-likeness (QED) is 0.475. The summed E-state index contributed by atoms with van der Waals surface area (Å²) < 4.78 is 14.3. The number of aromatic nitrogens is 1.